The summed E-state index contributed by atoms with van der Waals surface area (Å²) in [7, 11) is 1.63. The summed E-state index contributed by atoms with van der Waals surface area (Å²) >= 11 is 0. The van der Waals surface area contributed by atoms with Crippen LogP contribution in [-0.2, 0) is 4.74 Å². The summed E-state index contributed by atoms with van der Waals surface area (Å²) in [5.41, 5.74) is 5.49. The molecule has 1 amide bonds. The van der Waals surface area contributed by atoms with Crippen LogP contribution in [0.25, 0.3) is 11.5 Å². The Morgan fingerprint density at radius 3 is 3.00 bits per heavy atom. The number of carbonyl (C=O) groups is 1. The van der Waals surface area contributed by atoms with E-state index in [4.69, 9.17) is 15.2 Å². The molecule has 8 nitrogen and oxygen atoms in total. The second kappa shape index (κ2) is 6.11. The van der Waals surface area contributed by atoms with Crippen molar-refractivity contribution in [1.29, 1.82) is 0 Å². The van der Waals surface area contributed by atoms with Crippen LogP contribution in [0.5, 0.6) is 5.88 Å². The van der Waals surface area contributed by atoms with Crippen molar-refractivity contribution >= 4 is 6.09 Å². The molecule has 2 heterocycles. The average Bonchev–Trinajstić information content (AvgIpc) is 2.87. The highest BCUT2D eigenvalue weighted by molar-refractivity contribution is 5.67. The van der Waals surface area contributed by atoms with Crippen LogP contribution in [0.4, 0.5) is 4.79 Å². The molecule has 2 rings (SSSR count). The quantitative estimate of drug-likeness (QED) is 0.874. The second-order valence-corrected chi connectivity index (χ2v) is 4.15. The largest absolute Gasteiger partial charge is 0.411 e. The molecule has 2 aromatic heterocycles. The van der Waals surface area contributed by atoms with Gasteiger partial charge in [0.2, 0.25) is 5.88 Å². The lowest BCUT2D eigenvalue weighted by molar-refractivity contribution is 0.162. The number of amides is 1. The molecule has 0 saturated heterocycles. The van der Waals surface area contributed by atoms with Gasteiger partial charge in [-0.2, -0.15) is 0 Å². The van der Waals surface area contributed by atoms with E-state index >= 15 is 0 Å². The van der Waals surface area contributed by atoms with E-state index in [9.17, 15) is 4.79 Å². The van der Waals surface area contributed by atoms with Crippen molar-refractivity contribution in [3.63, 3.8) is 0 Å². The highest BCUT2D eigenvalue weighted by Gasteiger charge is 2.14. The number of methoxy groups -OCH3 is 1. The monoisotopic (exact) mass is 277 g/mol. The number of primary amides is 1. The first-order chi connectivity index (χ1) is 9.61. The standard InChI is InChI=1S/C12H15N5O3/c1-8(6-19-2)17-7-14-16-11(17)9-4-3-5-10(15-9)20-12(13)18/h3-5,7-8H,6H2,1-2H3,(H2,13,18). The first-order valence-electron chi connectivity index (χ1n) is 5.95. The van der Waals surface area contributed by atoms with Crippen molar-refractivity contribution in [2.24, 2.45) is 5.73 Å². The smallest absolute Gasteiger partial charge is 0.391 e. The van der Waals surface area contributed by atoms with Gasteiger partial charge in [0.25, 0.3) is 0 Å². The second-order valence-electron chi connectivity index (χ2n) is 4.15. The average molecular weight is 277 g/mol. The van der Waals surface area contributed by atoms with Gasteiger partial charge in [0, 0.05) is 13.2 Å². The maximum atomic E-state index is 10.7. The predicted octanol–water partition coefficient (Wildman–Crippen LogP) is 1.00. The van der Waals surface area contributed by atoms with E-state index < -0.39 is 6.09 Å². The number of pyridine rings is 1. The first kappa shape index (κ1) is 13.9. The minimum atomic E-state index is -0.913. The van der Waals surface area contributed by atoms with Crippen LogP contribution >= 0.6 is 0 Å². The molecule has 106 valence electrons. The maximum Gasteiger partial charge on any atom is 0.411 e. The molecule has 0 radical (unpaired) electrons. The van der Waals surface area contributed by atoms with Gasteiger partial charge in [0.05, 0.1) is 12.6 Å². The summed E-state index contributed by atoms with van der Waals surface area (Å²) < 4.78 is 11.7. The van der Waals surface area contributed by atoms with Crippen molar-refractivity contribution in [1.82, 2.24) is 19.7 Å². The van der Waals surface area contributed by atoms with E-state index in [0.717, 1.165) is 0 Å². The van der Waals surface area contributed by atoms with Crippen LogP contribution in [0.2, 0.25) is 0 Å². The fourth-order valence-corrected chi connectivity index (χ4v) is 1.77. The van der Waals surface area contributed by atoms with Crippen molar-refractivity contribution < 1.29 is 14.3 Å². The fraction of sp³-hybridized carbons (Fsp3) is 0.333. The van der Waals surface area contributed by atoms with Gasteiger partial charge in [-0.1, -0.05) is 6.07 Å². The van der Waals surface area contributed by atoms with Gasteiger partial charge in [-0.05, 0) is 13.0 Å². The van der Waals surface area contributed by atoms with E-state index in [2.05, 4.69) is 15.2 Å². The molecule has 8 heteroatoms. The first-order valence-corrected chi connectivity index (χ1v) is 5.95. The number of hydrogen-bond acceptors (Lipinski definition) is 6. The Bertz CT molecular complexity index is 598. The maximum absolute atomic E-state index is 10.7. The molecule has 0 aliphatic carbocycles. The van der Waals surface area contributed by atoms with Crippen LogP contribution < -0.4 is 10.5 Å². The van der Waals surface area contributed by atoms with E-state index in [1.165, 1.54) is 6.07 Å². The zero-order valence-corrected chi connectivity index (χ0v) is 11.2. The highest BCUT2D eigenvalue weighted by atomic mass is 16.6. The molecule has 2 N–H and O–H groups in total. The van der Waals surface area contributed by atoms with E-state index in [1.807, 2.05) is 11.5 Å². The lowest BCUT2D eigenvalue weighted by atomic mass is 10.3. The summed E-state index contributed by atoms with van der Waals surface area (Å²) in [5, 5.41) is 7.91. The molecular formula is C12H15N5O3. The molecule has 0 fully saturated rings. The third-order valence-electron chi connectivity index (χ3n) is 2.61. The Morgan fingerprint density at radius 1 is 1.50 bits per heavy atom. The molecule has 0 saturated carbocycles. The van der Waals surface area contributed by atoms with Crippen molar-refractivity contribution in [3.05, 3.63) is 24.5 Å². The predicted molar refractivity (Wildman–Crippen MR) is 70.1 cm³/mol. The zero-order valence-electron chi connectivity index (χ0n) is 11.2. The van der Waals surface area contributed by atoms with Crippen molar-refractivity contribution in [2.75, 3.05) is 13.7 Å². The Hall–Kier alpha value is -2.48. The molecule has 1 atom stereocenters. The van der Waals surface area contributed by atoms with Gasteiger partial charge < -0.3 is 19.8 Å². The molecular weight excluding hydrogens is 262 g/mol. The van der Waals surface area contributed by atoms with Gasteiger partial charge >= 0.3 is 6.09 Å². The minimum Gasteiger partial charge on any atom is -0.391 e. The number of rotatable bonds is 5. The fourth-order valence-electron chi connectivity index (χ4n) is 1.77. The topological polar surface area (TPSA) is 105 Å². The number of nitrogens with two attached hydrogens (primary N) is 1. The highest BCUT2D eigenvalue weighted by Crippen LogP contribution is 2.20. The normalized spacial score (nSPS) is 12.1. The minimum absolute atomic E-state index is 0.0486. The Balaban J connectivity index is 2.32. The van der Waals surface area contributed by atoms with Crippen LogP contribution in [-0.4, -0.2) is 39.6 Å². The summed E-state index contributed by atoms with van der Waals surface area (Å²) in [6.45, 7) is 2.49. The SMILES string of the molecule is COCC(C)n1cnnc1-c1cccc(OC(N)=O)n1. The molecule has 0 aliphatic rings. The lowest BCUT2D eigenvalue weighted by Crippen LogP contribution is -2.17. The molecule has 0 aromatic carbocycles. The number of ether oxygens (including phenoxy) is 2. The number of nitrogens with zero attached hydrogens (tertiary/aromatic N) is 4. The van der Waals surface area contributed by atoms with Gasteiger partial charge in [-0.3, -0.25) is 0 Å². The van der Waals surface area contributed by atoms with Gasteiger partial charge in [0.1, 0.15) is 12.0 Å². The van der Waals surface area contributed by atoms with Gasteiger partial charge in [0.15, 0.2) is 5.82 Å². The van der Waals surface area contributed by atoms with E-state index in [-0.39, 0.29) is 11.9 Å². The Labute approximate surface area is 115 Å². The van der Waals surface area contributed by atoms with Crippen molar-refractivity contribution in [2.45, 2.75) is 13.0 Å². The van der Waals surface area contributed by atoms with E-state index in [0.29, 0.717) is 18.1 Å². The van der Waals surface area contributed by atoms with Crippen LogP contribution in [0.1, 0.15) is 13.0 Å². The van der Waals surface area contributed by atoms with E-state index in [1.54, 1.807) is 25.6 Å². The summed E-state index contributed by atoms with van der Waals surface area (Å²) in [4.78, 5) is 14.9. The van der Waals surface area contributed by atoms with Crippen molar-refractivity contribution in [3.8, 4) is 17.4 Å². The molecule has 20 heavy (non-hydrogen) atoms. The molecule has 1 unspecified atom stereocenters. The molecule has 0 bridgehead atoms. The molecule has 0 spiro atoms. The third kappa shape index (κ3) is 3.09. The zero-order chi connectivity index (χ0) is 14.5. The summed E-state index contributed by atoms with van der Waals surface area (Å²) in [5.74, 6) is 0.674. The lowest BCUT2D eigenvalue weighted by Gasteiger charge is -2.14. The Morgan fingerprint density at radius 2 is 2.30 bits per heavy atom. The van der Waals surface area contributed by atoms with Gasteiger partial charge in [-0.15, -0.1) is 10.2 Å². The number of carbonyl (C=O) groups excluding carboxylic acids is 1. The van der Waals surface area contributed by atoms with Crippen LogP contribution in [0, 0.1) is 0 Å². The number of hydrogen-bond donors (Lipinski definition) is 1. The Kier molecular flexibility index (Phi) is 4.26. The molecule has 2 aromatic rings. The summed E-state index contributed by atoms with van der Waals surface area (Å²) in [6.07, 6.45) is 0.686. The van der Waals surface area contributed by atoms with Crippen LogP contribution in [0.15, 0.2) is 24.5 Å². The van der Waals surface area contributed by atoms with Gasteiger partial charge in [-0.25, -0.2) is 9.78 Å². The number of aromatic nitrogens is 4. The molecule has 0 aliphatic heterocycles. The third-order valence-corrected chi connectivity index (χ3v) is 2.61. The summed E-state index contributed by atoms with van der Waals surface area (Å²) in [6, 6.07) is 5.02. The van der Waals surface area contributed by atoms with Crippen LogP contribution in [0.3, 0.4) is 0 Å².